The first kappa shape index (κ1) is 10.5. The third kappa shape index (κ3) is 1.58. The molecule has 0 atom stereocenters. The molecule has 0 radical (unpaired) electrons. The van der Waals surface area contributed by atoms with E-state index in [0.29, 0.717) is 10.9 Å². The highest BCUT2D eigenvalue weighted by atomic mass is 79.9. The number of carbonyl (C=O) groups is 1. The minimum atomic E-state index is 0.0714. The Kier molecular flexibility index (Phi) is 2.48. The summed E-state index contributed by atoms with van der Waals surface area (Å²) in [5.74, 6) is 0.0714. The van der Waals surface area contributed by atoms with Gasteiger partial charge >= 0.3 is 0 Å². The van der Waals surface area contributed by atoms with Crippen LogP contribution in [0.5, 0.6) is 0 Å². The number of Topliss-reactive ketones (excluding diaryl/α,β-unsaturated/α-hetero) is 1. The van der Waals surface area contributed by atoms with Gasteiger partial charge in [0.25, 0.3) is 0 Å². The average Bonchev–Trinajstić information content (AvgIpc) is 2.76. The normalized spacial score (nSPS) is 11.1. The third-order valence-corrected chi connectivity index (χ3v) is 3.33. The lowest BCUT2D eigenvalue weighted by Crippen LogP contribution is -1.99. The number of rotatable bonds is 2. The Labute approximate surface area is 106 Å². The summed E-state index contributed by atoms with van der Waals surface area (Å²) in [6.45, 7) is 0. The van der Waals surface area contributed by atoms with Gasteiger partial charge in [-0.05, 0) is 12.1 Å². The molecule has 3 heteroatoms. The van der Waals surface area contributed by atoms with Crippen LogP contribution in [-0.2, 0) is 0 Å². The molecule has 1 aromatic heterocycles. The summed E-state index contributed by atoms with van der Waals surface area (Å²) in [5.41, 5.74) is 2.29. The van der Waals surface area contributed by atoms with Gasteiger partial charge in [-0.25, -0.2) is 0 Å². The van der Waals surface area contributed by atoms with Crippen LogP contribution in [0.25, 0.3) is 21.9 Å². The van der Waals surface area contributed by atoms with Gasteiger partial charge in [-0.15, -0.1) is 0 Å². The molecule has 84 valence electrons. The molecule has 2 nitrogen and oxygen atoms in total. The molecule has 0 aliphatic heterocycles. The number of furan rings is 1. The zero-order chi connectivity index (χ0) is 11.8. The molecule has 1 heterocycles. The minimum Gasteiger partial charge on any atom is -0.456 e. The van der Waals surface area contributed by atoms with Crippen LogP contribution >= 0.6 is 15.9 Å². The Morgan fingerprint density at radius 2 is 1.82 bits per heavy atom. The second-order valence-electron chi connectivity index (χ2n) is 3.83. The Bertz CT molecular complexity index is 712. The summed E-state index contributed by atoms with van der Waals surface area (Å²) in [5, 5.41) is 2.23. The van der Waals surface area contributed by atoms with Crippen molar-refractivity contribution in [3.8, 4) is 0 Å². The van der Waals surface area contributed by atoms with Crippen LogP contribution in [0.4, 0.5) is 0 Å². The van der Waals surface area contributed by atoms with E-state index in [9.17, 15) is 4.79 Å². The van der Waals surface area contributed by atoms with E-state index in [1.54, 1.807) is 0 Å². The van der Waals surface area contributed by atoms with Crippen molar-refractivity contribution >= 4 is 43.7 Å². The molecule has 3 rings (SSSR count). The highest BCUT2D eigenvalue weighted by Crippen LogP contribution is 2.31. The van der Waals surface area contributed by atoms with Gasteiger partial charge in [-0.1, -0.05) is 46.3 Å². The van der Waals surface area contributed by atoms with Crippen molar-refractivity contribution in [2.75, 3.05) is 5.33 Å². The van der Waals surface area contributed by atoms with Gasteiger partial charge in [-0.2, -0.15) is 0 Å². The molecule has 2 aromatic carbocycles. The first-order chi connectivity index (χ1) is 8.31. The summed E-state index contributed by atoms with van der Waals surface area (Å²) < 4.78 is 5.72. The fourth-order valence-electron chi connectivity index (χ4n) is 2.08. The molecule has 0 saturated carbocycles. The minimum absolute atomic E-state index is 0.0714. The van der Waals surface area contributed by atoms with Crippen LogP contribution in [0.15, 0.2) is 46.9 Å². The Morgan fingerprint density at radius 1 is 1.06 bits per heavy atom. The van der Waals surface area contributed by atoms with E-state index in [2.05, 4.69) is 15.9 Å². The smallest absolute Gasteiger partial charge is 0.174 e. The van der Waals surface area contributed by atoms with Crippen LogP contribution in [0, 0.1) is 0 Å². The molecule has 0 amide bonds. The van der Waals surface area contributed by atoms with Crippen molar-refractivity contribution in [3.05, 3.63) is 48.0 Å². The van der Waals surface area contributed by atoms with E-state index in [4.69, 9.17) is 4.42 Å². The molecule has 17 heavy (non-hydrogen) atoms. The van der Waals surface area contributed by atoms with Crippen molar-refractivity contribution in [1.29, 1.82) is 0 Å². The van der Waals surface area contributed by atoms with Gasteiger partial charge in [0, 0.05) is 16.3 Å². The van der Waals surface area contributed by atoms with Gasteiger partial charge < -0.3 is 4.42 Å². The predicted octanol–water partition coefficient (Wildman–Crippen LogP) is 4.16. The van der Waals surface area contributed by atoms with Crippen molar-refractivity contribution in [1.82, 2.24) is 0 Å². The van der Waals surface area contributed by atoms with E-state index < -0.39 is 0 Å². The van der Waals surface area contributed by atoms with Crippen LogP contribution < -0.4 is 0 Å². The highest BCUT2D eigenvalue weighted by Gasteiger charge is 2.14. The zero-order valence-electron chi connectivity index (χ0n) is 8.94. The Balaban J connectivity index is 2.47. The van der Waals surface area contributed by atoms with Crippen LogP contribution in [0.1, 0.15) is 10.4 Å². The molecule has 3 aromatic rings. The molecular weight excluding hydrogens is 280 g/mol. The number of ketones is 1. The number of halogens is 1. The van der Waals surface area contributed by atoms with Crippen molar-refractivity contribution < 1.29 is 9.21 Å². The number of alkyl halides is 1. The van der Waals surface area contributed by atoms with E-state index in [-0.39, 0.29) is 5.78 Å². The van der Waals surface area contributed by atoms with E-state index in [1.807, 2.05) is 42.5 Å². The Morgan fingerprint density at radius 3 is 2.65 bits per heavy atom. The lowest BCUT2D eigenvalue weighted by molar-refractivity contribution is 0.102. The second kappa shape index (κ2) is 4.00. The second-order valence-corrected chi connectivity index (χ2v) is 4.39. The lowest BCUT2D eigenvalue weighted by atomic mass is 10.0. The number of hydrogen-bond acceptors (Lipinski definition) is 2. The van der Waals surface area contributed by atoms with Crippen LogP contribution in [0.3, 0.4) is 0 Å². The number of carbonyl (C=O) groups excluding carboxylic acids is 1. The van der Waals surface area contributed by atoms with Gasteiger partial charge in [0.05, 0.1) is 5.33 Å². The van der Waals surface area contributed by atoms with Gasteiger partial charge in [-0.3, -0.25) is 4.79 Å². The van der Waals surface area contributed by atoms with Crippen molar-refractivity contribution in [2.24, 2.45) is 0 Å². The monoisotopic (exact) mass is 288 g/mol. The van der Waals surface area contributed by atoms with Gasteiger partial charge in [0.2, 0.25) is 0 Å². The van der Waals surface area contributed by atoms with Crippen molar-refractivity contribution in [2.45, 2.75) is 0 Å². The quantitative estimate of drug-likeness (QED) is 0.523. The summed E-state index contributed by atoms with van der Waals surface area (Å²) in [6.07, 6.45) is 0. The summed E-state index contributed by atoms with van der Waals surface area (Å²) in [4.78, 5) is 11.9. The van der Waals surface area contributed by atoms with Gasteiger partial charge in [0.1, 0.15) is 11.2 Å². The molecule has 0 saturated heterocycles. The first-order valence-electron chi connectivity index (χ1n) is 5.30. The summed E-state index contributed by atoms with van der Waals surface area (Å²) in [6, 6.07) is 13.3. The topological polar surface area (TPSA) is 30.2 Å². The maximum Gasteiger partial charge on any atom is 0.174 e. The molecular formula is C14H9BrO2. The van der Waals surface area contributed by atoms with Crippen LogP contribution in [0.2, 0.25) is 0 Å². The largest absolute Gasteiger partial charge is 0.456 e. The molecule has 0 fully saturated rings. The standard InChI is InChI=1S/C14H9BrO2/c15-8-11(16)9-5-3-7-13-14(9)10-4-1-2-6-12(10)17-13/h1-7H,8H2. The van der Waals surface area contributed by atoms with Crippen molar-refractivity contribution in [3.63, 3.8) is 0 Å². The molecule has 0 bridgehead atoms. The SMILES string of the molecule is O=C(CBr)c1cccc2oc3ccccc3c12. The average molecular weight is 289 g/mol. The highest BCUT2D eigenvalue weighted by molar-refractivity contribution is 9.09. The van der Waals surface area contributed by atoms with Gasteiger partial charge in [0.15, 0.2) is 5.78 Å². The molecule has 0 spiro atoms. The summed E-state index contributed by atoms with van der Waals surface area (Å²) >= 11 is 3.21. The lowest BCUT2D eigenvalue weighted by Gasteiger charge is -1.98. The zero-order valence-corrected chi connectivity index (χ0v) is 10.5. The number of para-hydroxylation sites is 1. The maximum atomic E-state index is 11.9. The molecule has 0 aliphatic carbocycles. The molecule has 0 N–H and O–H groups in total. The number of benzene rings is 2. The fourth-order valence-corrected chi connectivity index (χ4v) is 2.38. The third-order valence-electron chi connectivity index (χ3n) is 2.82. The maximum absolute atomic E-state index is 11.9. The predicted molar refractivity (Wildman–Crippen MR) is 71.8 cm³/mol. The van der Waals surface area contributed by atoms with E-state index in [0.717, 1.165) is 21.9 Å². The molecule has 0 unspecified atom stereocenters. The summed E-state index contributed by atoms with van der Waals surface area (Å²) in [7, 11) is 0. The van der Waals surface area contributed by atoms with E-state index >= 15 is 0 Å². The van der Waals surface area contributed by atoms with E-state index in [1.165, 1.54) is 0 Å². The number of fused-ring (bicyclic) bond motifs is 3. The fraction of sp³-hybridized carbons (Fsp3) is 0.0714. The Hall–Kier alpha value is -1.61. The van der Waals surface area contributed by atoms with Crippen LogP contribution in [-0.4, -0.2) is 11.1 Å². The molecule has 0 aliphatic rings. The first-order valence-corrected chi connectivity index (χ1v) is 6.43. The number of hydrogen-bond donors (Lipinski definition) is 0.